The Labute approximate surface area is 238 Å². The van der Waals surface area contributed by atoms with E-state index in [1.54, 1.807) is 42.5 Å². The fraction of sp³-hybridized carbons (Fsp3) is 0.370. The van der Waals surface area contributed by atoms with Crippen LogP contribution in [0.4, 0.5) is 13.2 Å². The number of carboxylic acids is 1. The number of carbonyl (C=O) groups excluding carboxylic acids is 1. The molecule has 0 bridgehead atoms. The van der Waals surface area contributed by atoms with Crippen molar-refractivity contribution in [3.05, 3.63) is 86.1 Å². The van der Waals surface area contributed by atoms with Crippen LogP contribution in [-0.2, 0) is 23.9 Å². The number of aliphatic carboxylic acids is 1. The van der Waals surface area contributed by atoms with E-state index in [1.807, 2.05) is 0 Å². The fourth-order valence-electron chi connectivity index (χ4n) is 4.86. The lowest BCUT2D eigenvalue weighted by Crippen LogP contribution is -2.34. The van der Waals surface area contributed by atoms with Gasteiger partial charge in [0.25, 0.3) is 5.91 Å². The summed E-state index contributed by atoms with van der Waals surface area (Å²) in [5, 5.41) is 14.6. The third-order valence-corrected chi connectivity index (χ3v) is 7.77. The zero-order chi connectivity index (χ0) is 28.3. The second kappa shape index (κ2) is 12.2. The van der Waals surface area contributed by atoms with Gasteiger partial charge in [0.15, 0.2) is 5.69 Å². The van der Waals surface area contributed by atoms with Gasteiger partial charge < -0.3 is 10.0 Å². The lowest BCUT2D eigenvalue weighted by molar-refractivity contribution is -0.147. The molecule has 1 heterocycles. The summed E-state index contributed by atoms with van der Waals surface area (Å²) in [6, 6.07) is 11.0. The average molecular weight is 603 g/mol. The Kier molecular flexibility index (Phi) is 9.14. The molecule has 1 saturated carbocycles. The summed E-state index contributed by atoms with van der Waals surface area (Å²) in [6.45, 7) is 0.114. The van der Waals surface area contributed by atoms with E-state index in [2.05, 4.69) is 5.10 Å². The zero-order valence-corrected chi connectivity index (χ0v) is 22.9. The van der Waals surface area contributed by atoms with Crippen molar-refractivity contribution in [3.8, 4) is 0 Å². The minimum atomic E-state index is -4.85. The fourth-order valence-corrected chi connectivity index (χ4v) is 5.49. The molecular weight excluding hydrogens is 578 g/mol. The van der Waals surface area contributed by atoms with Crippen LogP contribution in [0.5, 0.6) is 0 Å². The van der Waals surface area contributed by atoms with Crippen molar-refractivity contribution in [3.63, 3.8) is 0 Å². The maximum atomic E-state index is 14.4. The summed E-state index contributed by atoms with van der Waals surface area (Å²) in [7, 11) is 0. The molecule has 208 valence electrons. The first kappa shape index (κ1) is 29.2. The second-order valence-electron chi connectivity index (χ2n) is 9.53. The number of hydrogen-bond acceptors (Lipinski definition) is 3. The quantitative estimate of drug-likeness (QED) is 0.289. The molecular formula is C27H25Cl3F3N3O3. The highest BCUT2D eigenvalue weighted by Gasteiger charge is 2.43. The van der Waals surface area contributed by atoms with Gasteiger partial charge in [-0.3, -0.25) is 14.3 Å². The van der Waals surface area contributed by atoms with Gasteiger partial charge >= 0.3 is 12.1 Å². The van der Waals surface area contributed by atoms with Gasteiger partial charge in [0.05, 0.1) is 23.7 Å². The van der Waals surface area contributed by atoms with Gasteiger partial charge in [0, 0.05) is 28.2 Å². The van der Waals surface area contributed by atoms with E-state index in [9.17, 15) is 27.9 Å². The smallest absolute Gasteiger partial charge is 0.433 e. The van der Waals surface area contributed by atoms with Crippen molar-refractivity contribution in [2.45, 2.75) is 50.9 Å². The molecule has 4 rings (SSSR count). The number of carbonyl (C=O) groups is 2. The highest BCUT2D eigenvalue weighted by atomic mass is 35.5. The molecule has 0 unspecified atom stereocenters. The monoisotopic (exact) mass is 601 g/mol. The Hall–Kier alpha value is -2.75. The van der Waals surface area contributed by atoms with E-state index in [4.69, 9.17) is 34.8 Å². The number of halogens is 6. The average Bonchev–Trinajstić information content (AvgIpc) is 3.34. The number of rotatable bonds is 8. The highest BCUT2D eigenvalue weighted by Crippen LogP contribution is 2.39. The first-order valence-electron chi connectivity index (χ1n) is 12.3. The Bertz CT molecular complexity index is 1340. The van der Waals surface area contributed by atoms with E-state index in [0.717, 1.165) is 10.9 Å². The molecule has 1 aromatic heterocycles. The van der Waals surface area contributed by atoms with Crippen LogP contribution >= 0.6 is 34.8 Å². The number of alkyl halides is 3. The molecule has 1 aliphatic rings. The minimum absolute atomic E-state index is 0.0351. The molecule has 0 spiro atoms. The third-order valence-electron chi connectivity index (χ3n) is 6.93. The predicted molar refractivity (Wildman–Crippen MR) is 142 cm³/mol. The number of amides is 1. The van der Waals surface area contributed by atoms with E-state index >= 15 is 0 Å². The van der Waals surface area contributed by atoms with E-state index in [-0.39, 0.29) is 45.2 Å². The molecule has 0 aliphatic heterocycles. The number of aromatic nitrogens is 2. The summed E-state index contributed by atoms with van der Waals surface area (Å²) < 4.78 is 44.0. The van der Waals surface area contributed by atoms with Crippen LogP contribution in [0.1, 0.15) is 58.9 Å². The number of hydrogen-bond donors (Lipinski definition) is 1. The molecule has 0 saturated heterocycles. The van der Waals surface area contributed by atoms with Crippen molar-refractivity contribution < 1.29 is 27.9 Å². The maximum absolute atomic E-state index is 14.4. The summed E-state index contributed by atoms with van der Waals surface area (Å²) in [5.41, 5.74) is -0.310. The number of carboxylic acid groups (broad SMARTS) is 1. The summed E-state index contributed by atoms with van der Waals surface area (Å²) in [5.74, 6) is -2.38. The van der Waals surface area contributed by atoms with Gasteiger partial charge in [-0.15, -0.1) is 0 Å². The highest BCUT2D eigenvalue weighted by molar-refractivity contribution is 6.35. The summed E-state index contributed by atoms with van der Waals surface area (Å²) in [6.07, 6.45) is -2.69. The maximum Gasteiger partial charge on any atom is 0.433 e. The minimum Gasteiger partial charge on any atom is -0.481 e. The number of benzene rings is 2. The van der Waals surface area contributed by atoms with Crippen LogP contribution in [0.15, 0.2) is 48.7 Å². The van der Waals surface area contributed by atoms with Crippen LogP contribution in [0.2, 0.25) is 15.1 Å². The Morgan fingerprint density at radius 1 is 1.00 bits per heavy atom. The van der Waals surface area contributed by atoms with Crippen LogP contribution < -0.4 is 0 Å². The van der Waals surface area contributed by atoms with Gasteiger partial charge in [-0.25, -0.2) is 0 Å². The Morgan fingerprint density at radius 2 is 1.64 bits per heavy atom. The molecule has 39 heavy (non-hydrogen) atoms. The van der Waals surface area contributed by atoms with Crippen LogP contribution in [-0.4, -0.2) is 38.2 Å². The van der Waals surface area contributed by atoms with E-state index in [0.29, 0.717) is 26.2 Å². The SMILES string of the molecule is O=C(O)C1CCC(n2ncc(C(=O)N(CCc3ccc(Cl)cc3Cl)Cc3ccc(Cl)cc3)c2C(F)(F)F)CC1. The molecule has 12 heteroatoms. The van der Waals surface area contributed by atoms with Gasteiger partial charge in [0.2, 0.25) is 0 Å². The van der Waals surface area contributed by atoms with Crippen molar-refractivity contribution in [1.29, 1.82) is 0 Å². The lowest BCUT2D eigenvalue weighted by atomic mass is 9.86. The van der Waals surface area contributed by atoms with Crippen LogP contribution in [0.3, 0.4) is 0 Å². The van der Waals surface area contributed by atoms with Gasteiger partial charge in [-0.2, -0.15) is 18.3 Å². The molecule has 1 amide bonds. The first-order valence-corrected chi connectivity index (χ1v) is 13.4. The van der Waals surface area contributed by atoms with Gasteiger partial charge in [-0.1, -0.05) is 53.0 Å². The number of nitrogens with zero attached hydrogens (tertiary/aromatic N) is 3. The van der Waals surface area contributed by atoms with Gasteiger partial charge in [0.1, 0.15) is 0 Å². The Balaban J connectivity index is 1.64. The normalized spacial score (nSPS) is 17.7. The first-order chi connectivity index (χ1) is 18.4. The molecule has 0 atom stereocenters. The Morgan fingerprint density at radius 3 is 2.23 bits per heavy atom. The standard InChI is InChI=1S/C27H25Cl3F3N3O3/c28-19-6-1-16(2-7-19)15-35(12-11-17-3-8-20(29)13-23(17)30)25(37)22-14-34-36(24(22)27(31,32)33)21-9-4-18(5-10-21)26(38)39/h1-3,6-8,13-14,18,21H,4-5,9-12,15H2,(H,38,39). The zero-order valence-electron chi connectivity index (χ0n) is 20.6. The van der Waals surface area contributed by atoms with Crippen LogP contribution in [0, 0.1) is 5.92 Å². The second-order valence-corrected chi connectivity index (χ2v) is 10.8. The summed E-state index contributed by atoms with van der Waals surface area (Å²) >= 11 is 18.2. The topological polar surface area (TPSA) is 75.4 Å². The van der Waals surface area contributed by atoms with Gasteiger partial charge in [-0.05, 0) is 67.5 Å². The van der Waals surface area contributed by atoms with Crippen molar-refractivity contribution in [1.82, 2.24) is 14.7 Å². The van der Waals surface area contributed by atoms with Crippen molar-refractivity contribution in [2.24, 2.45) is 5.92 Å². The van der Waals surface area contributed by atoms with Crippen LogP contribution in [0.25, 0.3) is 0 Å². The molecule has 2 aromatic carbocycles. The van der Waals surface area contributed by atoms with E-state index < -0.39 is 41.3 Å². The lowest BCUT2D eigenvalue weighted by Gasteiger charge is -2.28. The predicted octanol–water partition coefficient (Wildman–Crippen LogP) is 7.56. The molecule has 1 N–H and O–H groups in total. The molecule has 1 aliphatic carbocycles. The molecule has 0 radical (unpaired) electrons. The van der Waals surface area contributed by atoms with Crippen molar-refractivity contribution in [2.75, 3.05) is 6.54 Å². The third kappa shape index (κ3) is 7.07. The van der Waals surface area contributed by atoms with Crippen molar-refractivity contribution >= 4 is 46.7 Å². The molecule has 6 nitrogen and oxygen atoms in total. The molecule has 1 fully saturated rings. The largest absolute Gasteiger partial charge is 0.481 e. The summed E-state index contributed by atoms with van der Waals surface area (Å²) in [4.78, 5) is 26.3. The molecule has 3 aromatic rings. The van der Waals surface area contributed by atoms with E-state index in [1.165, 1.54) is 4.90 Å².